The van der Waals surface area contributed by atoms with Gasteiger partial charge in [0.05, 0.1) is 6.61 Å². The SMILES string of the molecule is Cn1c(N2CCC3(CCOC3)CC2)nc2[nH]nc(-c3cccc(N)c3)c2c1=O. The fourth-order valence-corrected chi connectivity index (χ4v) is 4.45. The molecule has 1 spiro atoms. The van der Waals surface area contributed by atoms with Crippen LogP contribution in [-0.4, -0.2) is 46.1 Å². The van der Waals surface area contributed by atoms with Gasteiger partial charge in [0.1, 0.15) is 11.1 Å². The number of rotatable bonds is 2. The molecule has 2 aliphatic heterocycles. The van der Waals surface area contributed by atoms with Gasteiger partial charge in [-0.15, -0.1) is 0 Å². The number of anilines is 2. The van der Waals surface area contributed by atoms with Gasteiger partial charge in [-0.1, -0.05) is 12.1 Å². The Kier molecular flexibility index (Phi) is 3.90. The van der Waals surface area contributed by atoms with Crippen LogP contribution in [0.1, 0.15) is 19.3 Å². The summed E-state index contributed by atoms with van der Waals surface area (Å²) in [6.07, 6.45) is 3.27. The van der Waals surface area contributed by atoms with Crippen LogP contribution in [0.3, 0.4) is 0 Å². The van der Waals surface area contributed by atoms with E-state index in [0.29, 0.717) is 33.8 Å². The van der Waals surface area contributed by atoms with Crippen LogP contribution < -0.4 is 16.2 Å². The standard InChI is InChI=1S/C20H24N6O2/c1-25-18(27)15-16(13-3-2-4-14(21)11-13)23-24-17(15)22-19(25)26-8-5-20(6-9-26)7-10-28-12-20/h2-4,11H,5-10,12,21H2,1H3,(H,23,24). The molecule has 0 saturated carbocycles. The Bertz CT molecular complexity index is 1090. The Morgan fingerprint density at radius 2 is 2.07 bits per heavy atom. The van der Waals surface area contributed by atoms with E-state index < -0.39 is 0 Å². The summed E-state index contributed by atoms with van der Waals surface area (Å²) in [7, 11) is 1.78. The molecule has 2 fully saturated rings. The molecule has 3 aromatic rings. The topological polar surface area (TPSA) is 102 Å². The number of fused-ring (bicyclic) bond motifs is 1. The third-order valence-corrected chi connectivity index (χ3v) is 6.23. The van der Waals surface area contributed by atoms with E-state index in [1.165, 1.54) is 0 Å². The Labute approximate surface area is 162 Å². The molecule has 3 N–H and O–H groups in total. The summed E-state index contributed by atoms with van der Waals surface area (Å²) in [5.41, 5.74) is 8.64. The van der Waals surface area contributed by atoms with Crippen LogP contribution >= 0.6 is 0 Å². The minimum atomic E-state index is -0.101. The van der Waals surface area contributed by atoms with Crippen LogP contribution in [0.25, 0.3) is 22.3 Å². The van der Waals surface area contributed by atoms with Gasteiger partial charge >= 0.3 is 0 Å². The number of piperidine rings is 1. The van der Waals surface area contributed by atoms with Gasteiger partial charge in [-0.25, -0.2) is 0 Å². The molecular formula is C20H24N6O2. The molecule has 2 saturated heterocycles. The first kappa shape index (κ1) is 17.2. The van der Waals surface area contributed by atoms with E-state index in [1.54, 1.807) is 11.6 Å². The molecule has 1 aromatic carbocycles. The van der Waals surface area contributed by atoms with E-state index in [0.717, 1.165) is 51.1 Å². The highest BCUT2D eigenvalue weighted by molar-refractivity contribution is 5.91. The summed E-state index contributed by atoms with van der Waals surface area (Å²) in [5.74, 6) is 0.689. The minimum absolute atomic E-state index is 0.101. The molecule has 8 heteroatoms. The number of nitrogens with one attached hydrogen (secondary N) is 1. The molecule has 2 aromatic heterocycles. The molecule has 5 rings (SSSR count). The molecule has 8 nitrogen and oxygen atoms in total. The van der Waals surface area contributed by atoms with E-state index in [2.05, 4.69) is 15.1 Å². The summed E-state index contributed by atoms with van der Waals surface area (Å²) in [6, 6.07) is 7.38. The van der Waals surface area contributed by atoms with Gasteiger partial charge in [0.25, 0.3) is 5.56 Å². The molecule has 28 heavy (non-hydrogen) atoms. The fourth-order valence-electron chi connectivity index (χ4n) is 4.45. The van der Waals surface area contributed by atoms with E-state index in [9.17, 15) is 4.79 Å². The number of hydrogen-bond acceptors (Lipinski definition) is 6. The number of aromatic nitrogens is 4. The first-order chi connectivity index (χ1) is 13.6. The van der Waals surface area contributed by atoms with E-state index in [4.69, 9.17) is 15.5 Å². The number of nitrogens with two attached hydrogens (primary N) is 1. The van der Waals surface area contributed by atoms with Crippen molar-refractivity contribution in [2.75, 3.05) is 36.9 Å². The van der Waals surface area contributed by atoms with Crippen molar-refractivity contribution in [2.24, 2.45) is 12.5 Å². The monoisotopic (exact) mass is 380 g/mol. The second-order valence-corrected chi connectivity index (χ2v) is 7.99. The van der Waals surface area contributed by atoms with Crippen molar-refractivity contribution >= 4 is 22.7 Å². The predicted octanol–water partition coefficient (Wildman–Crippen LogP) is 1.91. The lowest BCUT2D eigenvalue weighted by Gasteiger charge is -2.39. The maximum atomic E-state index is 13.2. The van der Waals surface area contributed by atoms with E-state index >= 15 is 0 Å². The fraction of sp³-hybridized carbons (Fsp3) is 0.450. The van der Waals surface area contributed by atoms with Crippen molar-refractivity contribution in [1.82, 2.24) is 19.7 Å². The van der Waals surface area contributed by atoms with Crippen LogP contribution in [0.2, 0.25) is 0 Å². The molecule has 4 heterocycles. The second-order valence-electron chi connectivity index (χ2n) is 7.99. The number of ether oxygens (including phenoxy) is 1. The highest BCUT2D eigenvalue weighted by atomic mass is 16.5. The Balaban J connectivity index is 1.52. The molecule has 0 radical (unpaired) electrons. The van der Waals surface area contributed by atoms with Crippen LogP contribution in [-0.2, 0) is 11.8 Å². The van der Waals surface area contributed by atoms with E-state index in [-0.39, 0.29) is 5.56 Å². The summed E-state index contributed by atoms with van der Waals surface area (Å²) < 4.78 is 7.26. The number of aromatic amines is 1. The van der Waals surface area contributed by atoms with Gasteiger partial charge < -0.3 is 15.4 Å². The van der Waals surface area contributed by atoms with E-state index in [1.807, 2.05) is 24.3 Å². The molecule has 0 bridgehead atoms. The lowest BCUT2D eigenvalue weighted by molar-refractivity contribution is 0.133. The molecule has 0 unspecified atom stereocenters. The second kappa shape index (κ2) is 6.34. The third-order valence-electron chi connectivity index (χ3n) is 6.23. The van der Waals surface area contributed by atoms with Gasteiger partial charge in [0.2, 0.25) is 5.95 Å². The number of hydrogen-bond donors (Lipinski definition) is 2. The predicted molar refractivity (Wildman–Crippen MR) is 108 cm³/mol. The molecular weight excluding hydrogens is 356 g/mol. The first-order valence-corrected chi connectivity index (χ1v) is 9.70. The maximum absolute atomic E-state index is 13.2. The summed E-state index contributed by atoms with van der Waals surface area (Å²) in [6.45, 7) is 3.48. The van der Waals surface area contributed by atoms with Gasteiger partial charge in [-0.3, -0.25) is 14.5 Å². The maximum Gasteiger partial charge on any atom is 0.266 e. The highest BCUT2D eigenvalue weighted by Gasteiger charge is 2.38. The van der Waals surface area contributed by atoms with Crippen LogP contribution in [0.15, 0.2) is 29.1 Å². The number of H-pyrrole nitrogens is 1. The van der Waals surface area contributed by atoms with Gasteiger partial charge in [-0.2, -0.15) is 10.1 Å². The minimum Gasteiger partial charge on any atom is -0.399 e. The average molecular weight is 380 g/mol. The largest absolute Gasteiger partial charge is 0.399 e. The lowest BCUT2D eigenvalue weighted by atomic mass is 9.78. The van der Waals surface area contributed by atoms with Crippen molar-refractivity contribution in [2.45, 2.75) is 19.3 Å². The molecule has 0 aliphatic carbocycles. The zero-order valence-corrected chi connectivity index (χ0v) is 15.9. The molecule has 0 atom stereocenters. The van der Waals surface area contributed by atoms with Crippen molar-refractivity contribution in [1.29, 1.82) is 0 Å². The van der Waals surface area contributed by atoms with Crippen molar-refractivity contribution in [3.05, 3.63) is 34.6 Å². The molecule has 146 valence electrons. The van der Waals surface area contributed by atoms with Crippen LogP contribution in [0.4, 0.5) is 11.6 Å². The van der Waals surface area contributed by atoms with Crippen LogP contribution in [0, 0.1) is 5.41 Å². The first-order valence-electron chi connectivity index (χ1n) is 9.70. The lowest BCUT2D eigenvalue weighted by Crippen LogP contribution is -2.43. The normalized spacial score (nSPS) is 19.0. The van der Waals surface area contributed by atoms with Crippen LogP contribution in [0.5, 0.6) is 0 Å². The third kappa shape index (κ3) is 2.67. The van der Waals surface area contributed by atoms with Crippen molar-refractivity contribution in [3.8, 4) is 11.3 Å². The molecule has 2 aliphatic rings. The zero-order chi connectivity index (χ0) is 19.3. The highest BCUT2D eigenvalue weighted by Crippen LogP contribution is 2.39. The number of nitrogen functional groups attached to an aromatic ring is 1. The number of benzene rings is 1. The summed E-state index contributed by atoms with van der Waals surface area (Å²) >= 11 is 0. The Hall–Kier alpha value is -2.87. The average Bonchev–Trinajstić information content (AvgIpc) is 3.33. The molecule has 0 amide bonds. The zero-order valence-electron chi connectivity index (χ0n) is 15.9. The smallest absolute Gasteiger partial charge is 0.266 e. The van der Waals surface area contributed by atoms with Gasteiger partial charge in [0, 0.05) is 38.0 Å². The number of nitrogens with zero attached hydrogens (tertiary/aromatic N) is 4. The Morgan fingerprint density at radius 3 is 2.79 bits per heavy atom. The summed E-state index contributed by atoms with van der Waals surface area (Å²) in [5, 5.41) is 7.80. The van der Waals surface area contributed by atoms with Gasteiger partial charge in [0.15, 0.2) is 5.65 Å². The summed E-state index contributed by atoms with van der Waals surface area (Å²) in [4.78, 5) is 20.1. The quantitative estimate of drug-likeness (QED) is 0.659. The van der Waals surface area contributed by atoms with Crippen molar-refractivity contribution in [3.63, 3.8) is 0 Å². The van der Waals surface area contributed by atoms with Crippen molar-refractivity contribution < 1.29 is 4.74 Å². The Morgan fingerprint density at radius 1 is 1.25 bits per heavy atom. The van der Waals surface area contributed by atoms with Gasteiger partial charge in [-0.05, 0) is 36.8 Å².